The van der Waals surface area contributed by atoms with E-state index in [0.29, 0.717) is 11.6 Å². The van der Waals surface area contributed by atoms with Crippen LogP contribution >= 0.6 is 0 Å². The molecule has 1 rings (SSSR count). The molecule has 0 saturated carbocycles. The van der Waals surface area contributed by atoms with Crippen molar-refractivity contribution in [1.82, 2.24) is 4.90 Å². The number of nitrogens with zero attached hydrogens (tertiary/aromatic N) is 1. The number of likely N-dealkylation sites (tertiary alicyclic amines) is 1. The average molecular weight is 226 g/mol. The van der Waals surface area contributed by atoms with E-state index in [1.165, 1.54) is 51.5 Å². The van der Waals surface area contributed by atoms with Crippen LogP contribution in [-0.4, -0.2) is 29.6 Å². The molecule has 2 nitrogen and oxygen atoms in total. The van der Waals surface area contributed by atoms with Gasteiger partial charge in [0, 0.05) is 24.7 Å². The standard InChI is InChI=1S/C14H30N2/c1-4-5-6-7-8-10-14(2,3)16-11-9-13(15)12-16/h13H,4-12,15H2,1-3H3. The van der Waals surface area contributed by atoms with Gasteiger partial charge in [0.25, 0.3) is 0 Å². The molecular formula is C14H30N2. The van der Waals surface area contributed by atoms with Crippen LogP contribution in [0, 0.1) is 0 Å². The highest BCUT2D eigenvalue weighted by atomic mass is 15.2. The number of hydrogen-bond acceptors (Lipinski definition) is 2. The summed E-state index contributed by atoms with van der Waals surface area (Å²) in [6.07, 6.45) is 9.42. The molecule has 0 aliphatic carbocycles. The van der Waals surface area contributed by atoms with Gasteiger partial charge < -0.3 is 5.73 Å². The molecule has 2 N–H and O–H groups in total. The zero-order valence-corrected chi connectivity index (χ0v) is 11.5. The molecule has 1 atom stereocenters. The molecular weight excluding hydrogens is 196 g/mol. The molecule has 1 aliphatic rings. The molecule has 0 aromatic heterocycles. The predicted octanol–water partition coefficient (Wildman–Crippen LogP) is 3.16. The summed E-state index contributed by atoms with van der Waals surface area (Å²) in [7, 11) is 0. The van der Waals surface area contributed by atoms with Gasteiger partial charge in [-0.3, -0.25) is 4.90 Å². The molecule has 0 radical (unpaired) electrons. The largest absolute Gasteiger partial charge is 0.326 e. The fraction of sp³-hybridized carbons (Fsp3) is 1.00. The van der Waals surface area contributed by atoms with E-state index in [0.717, 1.165) is 6.54 Å². The van der Waals surface area contributed by atoms with Gasteiger partial charge in [-0.2, -0.15) is 0 Å². The normalized spacial score (nSPS) is 22.9. The smallest absolute Gasteiger partial charge is 0.0180 e. The minimum atomic E-state index is 0.361. The SMILES string of the molecule is CCCCCCCC(C)(C)N1CCC(N)C1. The Balaban J connectivity index is 2.18. The van der Waals surface area contributed by atoms with E-state index >= 15 is 0 Å². The third kappa shape index (κ3) is 4.42. The summed E-state index contributed by atoms with van der Waals surface area (Å²) in [5, 5.41) is 0. The summed E-state index contributed by atoms with van der Waals surface area (Å²) >= 11 is 0. The molecule has 1 saturated heterocycles. The number of unbranched alkanes of at least 4 members (excludes halogenated alkanes) is 4. The molecule has 1 heterocycles. The molecule has 0 amide bonds. The van der Waals surface area contributed by atoms with Crippen LogP contribution in [-0.2, 0) is 0 Å². The zero-order valence-electron chi connectivity index (χ0n) is 11.5. The lowest BCUT2D eigenvalue weighted by Gasteiger charge is -2.35. The van der Waals surface area contributed by atoms with E-state index in [9.17, 15) is 0 Å². The van der Waals surface area contributed by atoms with Crippen LogP contribution in [0.5, 0.6) is 0 Å². The Bertz CT molecular complexity index is 189. The van der Waals surface area contributed by atoms with Crippen molar-refractivity contribution in [3.8, 4) is 0 Å². The molecule has 96 valence electrons. The van der Waals surface area contributed by atoms with E-state index in [1.54, 1.807) is 0 Å². The van der Waals surface area contributed by atoms with Gasteiger partial charge in [0.05, 0.1) is 0 Å². The third-order valence-electron chi connectivity index (χ3n) is 3.97. The van der Waals surface area contributed by atoms with E-state index in [-0.39, 0.29) is 0 Å². The topological polar surface area (TPSA) is 29.3 Å². The monoisotopic (exact) mass is 226 g/mol. The minimum absolute atomic E-state index is 0.361. The fourth-order valence-corrected chi connectivity index (χ4v) is 2.66. The molecule has 1 aliphatic heterocycles. The Morgan fingerprint density at radius 1 is 1.19 bits per heavy atom. The maximum atomic E-state index is 5.97. The first kappa shape index (κ1) is 14.0. The second-order valence-corrected chi connectivity index (χ2v) is 5.97. The van der Waals surface area contributed by atoms with E-state index in [4.69, 9.17) is 5.73 Å². The highest BCUT2D eigenvalue weighted by Crippen LogP contribution is 2.26. The van der Waals surface area contributed by atoms with Crippen LogP contribution in [0.3, 0.4) is 0 Å². The van der Waals surface area contributed by atoms with Crippen molar-refractivity contribution >= 4 is 0 Å². The molecule has 0 bridgehead atoms. The lowest BCUT2D eigenvalue weighted by atomic mass is 9.94. The van der Waals surface area contributed by atoms with Crippen LogP contribution in [0.25, 0.3) is 0 Å². The highest BCUT2D eigenvalue weighted by Gasteiger charge is 2.31. The highest BCUT2D eigenvalue weighted by molar-refractivity contribution is 4.89. The second-order valence-electron chi connectivity index (χ2n) is 5.97. The first-order valence-corrected chi connectivity index (χ1v) is 7.07. The Hall–Kier alpha value is -0.0800. The lowest BCUT2D eigenvalue weighted by Crippen LogP contribution is -2.43. The van der Waals surface area contributed by atoms with Crippen LogP contribution in [0.1, 0.15) is 65.7 Å². The summed E-state index contributed by atoms with van der Waals surface area (Å²) in [5.41, 5.74) is 6.34. The van der Waals surface area contributed by atoms with Gasteiger partial charge in [0.2, 0.25) is 0 Å². The first-order chi connectivity index (χ1) is 7.56. The van der Waals surface area contributed by atoms with Crippen molar-refractivity contribution < 1.29 is 0 Å². The molecule has 2 heteroatoms. The van der Waals surface area contributed by atoms with Crippen molar-refractivity contribution in [2.45, 2.75) is 77.3 Å². The van der Waals surface area contributed by atoms with Crippen LogP contribution in [0.15, 0.2) is 0 Å². The summed E-state index contributed by atoms with van der Waals surface area (Å²) in [6, 6.07) is 0.416. The van der Waals surface area contributed by atoms with Crippen molar-refractivity contribution in [1.29, 1.82) is 0 Å². The lowest BCUT2D eigenvalue weighted by molar-refractivity contribution is 0.138. The summed E-state index contributed by atoms with van der Waals surface area (Å²) in [4.78, 5) is 2.58. The van der Waals surface area contributed by atoms with Gasteiger partial charge in [-0.1, -0.05) is 39.0 Å². The molecule has 1 unspecified atom stereocenters. The maximum absolute atomic E-state index is 5.97. The van der Waals surface area contributed by atoms with Gasteiger partial charge in [-0.25, -0.2) is 0 Å². The molecule has 1 fully saturated rings. The van der Waals surface area contributed by atoms with Gasteiger partial charge >= 0.3 is 0 Å². The van der Waals surface area contributed by atoms with Crippen molar-refractivity contribution in [3.05, 3.63) is 0 Å². The first-order valence-electron chi connectivity index (χ1n) is 7.07. The quantitative estimate of drug-likeness (QED) is 0.676. The minimum Gasteiger partial charge on any atom is -0.326 e. The molecule has 0 aromatic rings. The predicted molar refractivity (Wildman–Crippen MR) is 71.6 cm³/mol. The Morgan fingerprint density at radius 3 is 2.44 bits per heavy atom. The Kier molecular flexibility index (Phi) is 5.77. The summed E-state index contributed by atoms with van der Waals surface area (Å²) in [6.45, 7) is 9.33. The zero-order chi connectivity index (χ0) is 12.0. The Morgan fingerprint density at radius 2 is 1.88 bits per heavy atom. The van der Waals surface area contributed by atoms with E-state index < -0.39 is 0 Å². The number of hydrogen-bond donors (Lipinski definition) is 1. The second kappa shape index (κ2) is 6.61. The van der Waals surface area contributed by atoms with Gasteiger partial charge in [0.15, 0.2) is 0 Å². The Labute approximate surface area is 102 Å². The number of nitrogens with two attached hydrogens (primary N) is 1. The molecule has 16 heavy (non-hydrogen) atoms. The van der Waals surface area contributed by atoms with E-state index in [1.807, 2.05) is 0 Å². The fourth-order valence-electron chi connectivity index (χ4n) is 2.66. The van der Waals surface area contributed by atoms with E-state index in [2.05, 4.69) is 25.7 Å². The summed E-state index contributed by atoms with van der Waals surface area (Å²) < 4.78 is 0. The maximum Gasteiger partial charge on any atom is 0.0180 e. The number of rotatable bonds is 7. The average Bonchev–Trinajstić information content (AvgIpc) is 2.65. The van der Waals surface area contributed by atoms with Gasteiger partial charge in [0.1, 0.15) is 0 Å². The van der Waals surface area contributed by atoms with Crippen LogP contribution in [0.2, 0.25) is 0 Å². The van der Waals surface area contributed by atoms with Gasteiger partial charge in [-0.05, 0) is 26.7 Å². The molecule has 0 spiro atoms. The third-order valence-corrected chi connectivity index (χ3v) is 3.97. The summed E-state index contributed by atoms with van der Waals surface area (Å²) in [5.74, 6) is 0. The molecule has 0 aromatic carbocycles. The van der Waals surface area contributed by atoms with Crippen molar-refractivity contribution in [2.24, 2.45) is 5.73 Å². The van der Waals surface area contributed by atoms with Crippen molar-refractivity contribution in [3.63, 3.8) is 0 Å². The van der Waals surface area contributed by atoms with Crippen LogP contribution in [0.4, 0.5) is 0 Å². The van der Waals surface area contributed by atoms with Crippen LogP contribution < -0.4 is 5.73 Å². The van der Waals surface area contributed by atoms with Crippen molar-refractivity contribution in [2.75, 3.05) is 13.1 Å². The van der Waals surface area contributed by atoms with Gasteiger partial charge in [-0.15, -0.1) is 0 Å².